The second kappa shape index (κ2) is 9.72. The van der Waals surface area contributed by atoms with E-state index in [1.807, 2.05) is 0 Å². The van der Waals surface area contributed by atoms with E-state index in [1.165, 1.54) is 23.1 Å². The summed E-state index contributed by atoms with van der Waals surface area (Å²) in [6, 6.07) is 10.2. The molecule has 2 heterocycles. The summed E-state index contributed by atoms with van der Waals surface area (Å²) in [5.41, 5.74) is 0.720. The third kappa shape index (κ3) is 6.52. The van der Waals surface area contributed by atoms with Crippen LogP contribution in [0.5, 0.6) is 0 Å². The summed E-state index contributed by atoms with van der Waals surface area (Å²) in [7, 11) is 0. The third-order valence-electron chi connectivity index (χ3n) is 3.10. The van der Waals surface area contributed by atoms with E-state index in [2.05, 4.69) is 20.8 Å². The van der Waals surface area contributed by atoms with Crippen molar-refractivity contribution < 1.29 is 18.0 Å². The van der Waals surface area contributed by atoms with Crippen molar-refractivity contribution in [3.05, 3.63) is 48.4 Å². The molecule has 2 N–H and O–H groups in total. The summed E-state index contributed by atoms with van der Waals surface area (Å²) < 4.78 is 30.4. The number of hydrogen-bond donors (Lipinski definition) is 2. The molecule has 0 fully saturated rings. The number of rotatable bonds is 9. The molecular formula is C16H14F2N4O2S3. The maximum atomic E-state index is 12.3. The van der Waals surface area contributed by atoms with E-state index < -0.39 is 5.76 Å². The molecule has 0 aliphatic heterocycles. The number of benzene rings is 1. The van der Waals surface area contributed by atoms with Gasteiger partial charge in [-0.2, -0.15) is 8.78 Å². The van der Waals surface area contributed by atoms with Crippen molar-refractivity contribution in [1.82, 2.24) is 15.5 Å². The molecule has 0 bridgehead atoms. The van der Waals surface area contributed by atoms with Crippen molar-refractivity contribution in [2.24, 2.45) is 0 Å². The van der Waals surface area contributed by atoms with E-state index in [0.717, 1.165) is 5.69 Å². The molecule has 3 aromatic rings. The zero-order valence-corrected chi connectivity index (χ0v) is 16.2. The SMILES string of the molecule is O=C(CSc1nnc(Nc2ccc(SC(F)F)cc2)s1)NCc1ccco1. The molecule has 3 rings (SSSR count). The molecule has 6 nitrogen and oxygen atoms in total. The molecular weight excluding hydrogens is 414 g/mol. The number of carbonyl (C=O) groups excluding carboxylic acids is 1. The Bertz CT molecular complexity index is 857. The normalized spacial score (nSPS) is 10.9. The minimum Gasteiger partial charge on any atom is -0.467 e. The maximum absolute atomic E-state index is 12.3. The van der Waals surface area contributed by atoms with Gasteiger partial charge in [0.2, 0.25) is 11.0 Å². The summed E-state index contributed by atoms with van der Waals surface area (Å²) >= 11 is 3.08. The molecule has 0 saturated heterocycles. The van der Waals surface area contributed by atoms with Crippen LogP contribution in [0.25, 0.3) is 0 Å². The van der Waals surface area contributed by atoms with E-state index in [1.54, 1.807) is 42.7 Å². The average Bonchev–Trinajstić information content (AvgIpc) is 3.31. The number of carbonyl (C=O) groups is 1. The number of anilines is 2. The number of aromatic nitrogens is 2. The summed E-state index contributed by atoms with van der Waals surface area (Å²) in [5, 5.41) is 14.4. The second-order valence-corrected chi connectivity index (χ2v) is 8.31. The highest BCUT2D eigenvalue weighted by Gasteiger charge is 2.09. The fraction of sp³-hybridized carbons (Fsp3) is 0.188. The van der Waals surface area contributed by atoms with Crippen molar-refractivity contribution in [2.75, 3.05) is 11.1 Å². The van der Waals surface area contributed by atoms with Gasteiger partial charge in [0.05, 0.1) is 18.6 Å². The molecule has 0 unspecified atom stereocenters. The lowest BCUT2D eigenvalue weighted by molar-refractivity contribution is -0.118. The molecule has 27 heavy (non-hydrogen) atoms. The van der Waals surface area contributed by atoms with Crippen molar-refractivity contribution in [3.63, 3.8) is 0 Å². The first-order valence-corrected chi connectivity index (χ1v) is 10.3. The fourth-order valence-electron chi connectivity index (χ4n) is 1.94. The first-order valence-electron chi connectivity index (χ1n) is 7.66. The first-order chi connectivity index (χ1) is 13.1. The molecule has 142 valence electrons. The highest BCUT2D eigenvalue weighted by molar-refractivity contribution is 8.01. The van der Waals surface area contributed by atoms with Crippen molar-refractivity contribution in [3.8, 4) is 0 Å². The monoisotopic (exact) mass is 428 g/mol. The number of alkyl halides is 2. The molecule has 0 radical (unpaired) electrons. The maximum Gasteiger partial charge on any atom is 0.288 e. The summed E-state index contributed by atoms with van der Waals surface area (Å²) in [4.78, 5) is 12.3. The van der Waals surface area contributed by atoms with Gasteiger partial charge in [-0.3, -0.25) is 4.79 Å². The molecule has 1 amide bonds. The van der Waals surface area contributed by atoms with E-state index in [4.69, 9.17) is 4.42 Å². The Morgan fingerprint density at radius 3 is 2.74 bits per heavy atom. The van der Waals surface area contributed by atoms with Crippen LogP contribution in [0.3, 0.4) is 0 Å². The Kier molecular flexibility index (Phi) is 7.07. The number of hydrogen-bond acceptors (Lipinski definition) is 8. The molecule has 0 aliphatic rings. The largest absolute Gasteiger partial charge is 0.467 e. The number of amides is 1. The topological polar surface area (TPSA) is 80.0 Å². The van der Waals surface area contributed by atoms with Crippen LogP contribution < -0.4 is 10.6 Å². The number of furan rings is 1. The Labute approximate surface area is 166 Å². The Morgan fingerprint density at radius 2 is 2.04 bits per heavy atom. The van der Waals surface area contributed by atoms with Gasteiger partial charge in [0.15, 0.2) is 4.34 Å². The minimum atomic E-state index is -2.44. The van der Waals surface area contributed by atoms with E-state index in [-0.39, 0.29) is 11.7 Å². The minimum absolute atomic E-state index is 0.131. The lowest BCUT2D eigenvalue weighted by Crippen LogP contribution is -2.24. The van der Waals surface area contributed by atoms with Gasteiger partial charge >= 0.3 is 0 Å². The quantitative estimate of drug-likeness (QED) is 0.482. The molecule has 0 atom stereocenters. The standard InChI is InChI=1S/C16H14F2N4O2S3/c17-14(18)26-12-5-3-10(4-6-12)20-15-21-22-16(27-15)25-9-13(23)19-8-11-2-1-7-24-11/h1-7,14H,8-9H2,(H,19,23)(H,20,21). The zero-order valence-electron chi connectivity index (χ0n) is 13.7. The summed E-state index contributed by atoms with van der Waals surface area (Å²) in [5.74, 6) is -1.67. The highest BCUT2D eigenvalue weighted by Crippen LogP contribution is 2.29. The fourth-order valence-corrected chi connectivity index (χ4v) is 4.04. The Hall–Kier alpha value is -2.11. The molecule has 11 heteroatoms. The third-order valence-corrected chi connectivity index (χ3v) is 5.80. The van der Waals surface area contributed by atoms with Gasteiger partial charge in [-0.25, -0.2) is 0 Å². The number of nitrogens with zero attached hydrogens (tertiary/aromatic N) is 2. The van der Waals surface area contributed by atoms with Gasteiger partial charge in [-0.1, -0.05) is 34.9 Å². The van der Waals surface area contributed by atoms with Crippen LogP contribution in [-0.2, 0) is 11.3 Å². The van der Waals surface area contributed by atoms with Crippen LogP contribution in [-0.4, -0.2) is 27.6 Å². The van der Waals surface area contributed by atoms with Crippen LogP contribution in [0.2, 0.25) is 0 Å². The van der Waals surface area contributed by atoms with E-state index in [0.29, 0.717) is 38.4 Å². The van der Waals surface area contributed by atoms with E-state index in [9.17, 15) is 13.6 Å². The van der Waals surface area contributed by atoms with Crippen LogP contribution in [0.1, 0.15) is 5.76 Å². The number of nitrogens with one attached hydrogen (secondary N) is 2. The molecule has 0 aliphatic carbocycles. The summed E-state index contributed by atoms with van der Waals surface area (Å²) in [6.45, 7) is 0.342. The Morgan fingerprint density at radius 1 is 1.22 bits per heavy atom. The van der Waals surface area contributed by atoms with Gasteiger partial charge in [-0.05, 0) is 36.4 Å². The van der Waals surface area contributed by atoms with Crippen LogP contribution in [0, 0.1) is 0 Å². The van der Waals surface area contributed by atoms with Gasteiger partial charge in [0, 0.05) is 10.6 Å². The van der Waals surface area contributed by atoms with Crippen LogP contribution >= 0.6 is 34.9 Å². The lowest BCUT2D eigenvalue weighted by atomic mass is 10.3. The number of halogens is 2. The summed E-state index contributed by atoms with van der Waals surface area (Å²) in [6.07, 6.45) is 1.55. The van der Waals surface area contributed by atoms with E-state index >= 15 is 0 Å². The lowest BCUT2D eigenvalue weighted by Gasteiger charge is -2.03. The zero-order chi connectivity index (χ0) is 19.1. The predicted octanol–water partition coefficient (Wildman–Crippen LogP) is 4.60. The molecule has 1 aromatic carbocycles. The molecule has 0 spiro atoms. The van der Waals surface area contributed by atoms with Crippen molar-refractivity contribution in [2.45, 2.75) is 21.5 Å². The first kappa shape index (κ1) is 19.6. The van der Waals surface area contributed by atoms with Crippen LogP contribution in [0.4, 0.5) is 19.6 Å². The second-order valence-electron chi connectivity index (χ2n) is 5.05. The molecule has 0 saturated carbocycles. The van der Waals surface area contributed by atoms with Gasteiger partial charge < -0.3 is 15.1 Å². The van der Waals surface area contributed by atoms with Gasteiger partial charge in [-0.15, -0.1) is 10.2 Å². The highest BCUT2D eigenvalue weighted by atomic mass is 32.2. The molecule has 2 aromatic heterocycles. The van der Waals surface area contributed by atoms with Gasteiger partial charge in [0.25, 0.3) is 5.76 Å². The van der Waals surface area contributed by atoms with Crippen molar-refractivity contribution >= 4 is 51.6 Å². The van der Waals surface area contributed by atoms with Crippen molar-refractivity contribution in [1.29, 1.82) is 0 Å². The van der Waals surface area contributed by atoms with Gasteiger partial charge in [0.1, 0.15) is 5.76 Å². The Balaban J connectivity index is 1.44. The predicted molar refractivity (Wildman–Crippen MR) is 103 cm³/mol. The smallest absolute Gasteiger partial charge is 0.288 e. The average molecular weight is 429 g/mol. The number of thioether (sulfide) groups is 2. The van der Waals surface area contributed by atoms with Crippen LogP contribution in [0.15, 0.2) is 56.3 Å².